The molecule has 317 valence electrons. The normalized spacial score (nSPS) is 12.0. The molecule has 0 aliphatic rings. The van der Waals surface area contributed by atoms with Crippen molar-refractivity contribution in [1.82, 2.24) is 19.5 Å². The molecule has 8 aromatic rings. The smallest absolute Gasteiger partial charge is 0.188 e. The number of benzene rings is 5. The first-order valence-electron chi connectivity index (χ1n) is 21.5. The van der Waals surface area contributed by atoms with Crippen molar-refractivity contribution in [3.05, 3.63) is 150 Å². The molecule has 0 saturated heterocycles. The first-order valence-corrected chi connectivity index (χ1v) is 28.8. The Morgan fingerprint density at radius 1 is 0.705 bits per heavy atom. The van der Waals surface area contributed by atoms with Gasteiger partial charge in [0.2, 0.25) is 0 Å². The Morgan fingerprint density at radius 3 is 1.97 bits per heavy atom. The van der Waals surface area contributed by atoms with Crippen LogP contribution in [0.5, 0.6) is 0 Å². The van der Waals surface area contributed by atoms with Gasteiger partial charge >= 0.3 is 126 Å². The molecule has 0 aliphatic carbocycles. The molecular formula is C54H60GeIrN4O-2. The molecule has 0 atom stereocenters. The molecule has 7 heteroatoms. The molecule has 8 rings (SSSR count). The first-order chi connectivity index (χ1) is 28.5. The summed E-state index contributed by atoms with van der Waals surface area (Å²) in [6.45, 7) is 20.0. The Morgan fingerprint density at radius 2 is 1.36 bits per heavy atom. The third-order valence-electron chi connectivity index (χ3n) is 10.9. The number of oxazole rings is 1. The van der Waals surface area contributed by atoms with Crippen LogP contribution in [0.2, 0.25) is 17.3 Å². The average molecular weight is 1050 g/mol. The van der Waals surface area contributed by atoms with Gasteiger partial charge in [0, 0.05) is 36.7 Å². The summed E-state index contributed by atoms with van der Waals surface area (Å²) in [7, 11) is 0. The van der Waals surface area contributed by atoms with Crippen molar-refractivity contribution in [1.29, 1.82) is 0 Å². The van der Waals surface area contributed by atoms with E-state index in [0.29, 0.717) is 23.6 Å². The zero-order valence-electron chi connectivity index (χ0n) is 37.9. The van der Waals surface area contributed by atoms with E-state index in [0.717, 1.165) is 51.2 Å². The molecular weight excluding hydrogens is 985 g/mol. The van der Waals surface area contributed by atoms with E-state index in [1.807, 2.05) is 36.4 Å². The molecule has 0 bridgehead atoms. The molecule has 0 unspecified atom stereocenters. The van der Waals surface area contributed by atoms with Gasteiger partial charge in [0.1, 0.15) is 0 Å². The zero-order valence-corrected chi connectivity index (χ0v) is 42.4. The van der Waals surface area contributed by atoms with Crippen molar-refractivity contribution >= 4 is 39.8 Å². The monoisotopic (exact) mass is 1050 g/mol. The van der Waals surface area contributed by atoms with E-state index >= 15 is 0 Å². The minimum Gasteiger partial charge on any atom is -0.487 e. The number of nitrogens with zero attached hydrogens (tertiary/aromatic N) is 4. The van der Waals surface area contributed by atoms with Crippen LogP contribution in [0.4, 0.5) is 0 Å². The van der Waals surface area contributed by atoms with Crippen LogP contribution in [0.1, 0.15) is 96.7 Å². The maximum Gasteiger partial charge on any atom is 0.188 e. The fourth-order valence-electron chi connectivity index (χ4n) is 7.90. The van der Waals surface area contributed by atoms with Gasteiger partial charge < -0.3 is 8.98 Å². The van der Waals surface area contributed by atoms with Crippen molar-refractivity contribution in [3.63, 3.8) is 0 Å². The SMILES string of the molecule is CC(C)Cc1cc(-c2[c-]cccc2)nc[c]1[Ge]([CH3])([CH3])[CH3].CC(C)c1cc(-c2ccccc2)cc(C(C)C)c1-n1c(-c2[c-]ccc3nc(C(C)(C)C)oc23)nc2ccccc21.[Ir]. The fraction of sp³-hybridized carbons (Fsp3) is 0.315. The molecule has 5 aromatic carbocycles. The quantitative estimate of drug-likeness (QED) is 0.107. The summed E-state index contributed by atoms with van der Waals surface area (Å²) in [5.74, 6) is 10.1. The number of hydrogen-bond acceptors (Lipinski definition) is 4. The van der Waals surface area contributed by atoms with Gasteiger partial charge in [0.05, 0.1) is 22.4 Å². The molecule has 5 nitrogen and oxygen atoms in total. The van der Waals surface area contributed by atoms with Crippen molar-refractivity contribution in [2.24, 2.45) is 5.92 Å². The Balaban J connectivity index is 0.000000250. The van der Waals surface area contributed by atoms with Gasteiger partial charge in [-0.15, -0.1) is 18.2 Å². The summed E-state index contributed by atoms with van der Waals surface area (Å²) >= 11 is -1.86. The van der Waals surface area contributed by atoms with Gasteiger partial charge in [-0.3, -0.25) is 4.98 Å². The van der Waals surface area contributed by atoms with Crippen LogP contribution in [0, 0.1) is 18.1 Å². The number of fused-ring (bicyclic) bond motifs is 2. The van der Waals surface area contributed by atoms with Crippen LogP contribution in [0.15, 0.2) is 120 Å². The van der Waals surface area contributed by atoms with Crippen LogP contribution in [0.25, 0.3) is 61.6 Å². The number of rotatable bonds is 9. The maximum absolute atomic E-state index is 6.44. The largest absolute Gasteiger partial charge is 0.487 e. The van der Waals surface area contributed by atoms with E-state index in [-0.39, 0.29) is 25.5 Å². The van der Waals surface area contributed by atoms with E-state index in [1.165, 1.54) is 33.5 Å². The average Bonchev–Trinajstić information content (AvgIpc) is 3.83. The summed E-state index contributed by atoms with van der Waals surface area (Å²) in [5.41, 5.74) is 14.0. The van der Waals surface area contributed by atoms with Gasteiger partial charge in [-0.05, 0) is 58.4 Å². The second-order valence-corrected chi connectivity index (χ2v) is 29.7. The Labute approximate surface area is 380 Å². The van der Waals surface area contributed by atoms with Crippen LogP contribution in [0.3, 0.4) is 0 Å². The molecule has 3 aromatic heterocycles. The topological polar surface area (TPSA) is 56.7 Å². The van der Waals surface area contributed by atoms with Crippen molar-refractivity contribution in [2.75, 3.05) is 0 Å². The Hall–Kier alpha value is -4.62. The molecule has 0 aliphatic heterocycles. The van der Waals surface area contributed by atoms with Crippen LogP contribution >= 0.6 is 0 Å². The number of hydrogen-bond donors (Lipinski definition) is 0. The number of para-hydroxylation sites is 2. The summed E-state index contributed by atoms with van der Waals surface area (Å²) in [6, 6.07) is 44.8. The van der Waals surface area contributed by atoms with Crippen LogP contribution in [-0.2, 0) is 31.9 Å². The molecule has 0 fully saturated rings. The van der Waals surface area contributed by atoms with Gasteiger partial charge in [0.15, 0.2) is 5.89 Å². The Kier molecular flexibility index (Phi) is 14.1. The van der Waals surface area contributed by atoms with Crippen LogP contribution in [-0.4, -0.2) is 32.8 Å². The van der Waals surface area contributed by atoms with E-state index in [4.69, 9.17) is 19.4 Å². The molecule has 1 radical (unpaired) electrons. The van der Waals surface area contributed by atoms with Crippen LogP contribution < -0.4 is 4.40 Å². The summed E-state index contributed by atoms with van der Waals surface area (Å²) in [6.07, 6.45) is 3.27. The van der Waals surface area contributed by atoms with Gasteiger partial charge in [-0.2, -0.15) is 0 Å². The van der Waals surface area contributed by atoms with Crippen molar-refractivity contribution < 1.29 is 24.5 Å². The maximum atomic E-state index is 6.44. The predicted molar refractivity (Wildman–Crippen MR) is 255 cm³/mol. The van der Waals surface area contributed by atoms with Gasteiger partial charge in [0.25, 0.3) is 0 Å². The second kappa shape index (κ2) is 18.8. The molecule has 0 spiro atoms. The van der Waals surface area contributed by atoms with Crippen molar-refractivity contribution in [2.45, 2.75) is 103 Å². The van der Waals surface area contributed by atoms with Gasteiger partial charge in [-0.1, -0.05) is 96.5 Å². The summed E-state index contributed by atoms with van der Waals surface area (Å²) in [4.78, 5) is 14.7. The first kappa shape index (κ1) is 45.9. The van der Waals surface area contributed by atoms with E-state index in [9.17, 15) is 0 Å². The minimum atomic E-state index is -1.86. The number of pyridine rings is 1. The number of aromatic nitrogens is 4. The summed E-state index contributed by atoms with van der Waals surface area (Å²) < 4.78 is 10.3. The second-order valence-electron chi connectivity index (χ2n) is 19.1. The predicted octanol–water partition coefficient (Wildman–Crippen LogP) is 14.1. The molecule has 0 saturated carbocycles. The third-order valence-corrected chi connectivity index (χ3v) is 15.3. The standard InChI is InChI=1S/C36H36N3O.C18H24GeN.Ir/c1-22(2)27-20-25(24-14-9-8-10-15-24)21-28(23(3)4)32(27)39-31-19-12-11-17-29(31)37-34(39)26-16-13-18-30-33(26)40-35(38-30)36(5,6)7;1-14(2)11-16-12-18(15-9-7-6-8-10-15)20-13-17(16)19(3,4)5;/h8-15,17-23H,1-7H3;6-9,12-14H,11H2,1-5H3;/q2*-1;. The third kappa shape index (κ3) is 10.0. The minimum absolute atomic E-state index is 0. The Bertz CT molecular complexity index is 2710. The van der Waals surface area contributed by atoms with E-state index in [2.05, 4.69) is 175 Å². The van der Waals surface area contributed by atoms with Crippen molar-refractivity contribution in [3.8, 4) is 39.5 Å². The molecule has 61 heavy (non-hydrogen) atoms. The number of imidazole rings is 1. The molecule has 0 amide bonds. The molecule has 3 heterocycles. The van der Waals surface area contributed by atoms with E-state index in [1.54, 1.807) is 4.40 Å². The summed E-state index contributed by atoms with van der Waals surface area (Å²) in [5, 5.41) is 0. The van der Waals surface area contributed by atoms with E-state index < -0.39 is 13.3 Å². The molecule has 0 N–H and O–H groups in total. The zero-order chi connectivity index (χ0) is 42.9. The van der Waals surface area contributed by atoms with Gasteiger partial charge in [-0.25, -0.2) is 4.98 Å². The fourth-order valence-corrected chi connectivity index (χ4v) is 11.2.